The lowest BCUT2D eigenvalue weighted by Gasteiger charge is -2.19. The first-order valence-corrected chi connectivity index (χ1v) is 10.1. The van der Waals surface area contributed by atoms with E-state index in [1.54, 1.807) is 24.3 Å². The van der Waals surface area contributed by atoms with Gasteiger partial charge in [-0.05, 0) is 54.4 Å². The van der Waals surface area contributed by atoms with E-state index in [1.807, 2.05) is 61.5 Å². The molecule has 0 amide bonds. The van der Waals surface area contributed by atoms with Crippen LogP contribution in [0.25, 0.3) is 0 Å². The zero-order valence-electron chi connectivity index (χ0n) is 16.8. The third-order valence-corrected chi connectivity index (χ3v) is 5.07. The van der Waals surface area contributed by atoms with Crippen LogP contribution < -0.4 is 9.47 Å². The monoisotopic (exact) mass is 410 g/mol. The minimum Gasteiger partial charge on any atom is -0.494 e. The maximum atomic E-state index is 13.8. The summed E-state index contributed by atoms with van der Waals surface area (Å²) in [6.45, 7) is 2.68. The summed E-state index contributed by atoms with van der Waals surface area (Å²) in [5.41, 5.74) is 1.60. The molecule has 5 heteroatoms. The smallest absolute Gasteiger partial charge is 0.254 e. The minimum absolute atomic E-state index is 0.151. The van der Waals surface area contributed by atoms with Gasteiger partial charge in [-0.25, -0.2) is 8.78 Å². The van der Waals surface area contributed by atoms with Crippen molar-refractivity contribution >= 4 is 0 Å². The number of hydrogen-bond acceptors (Lipinski definition) is 3. The average Bonchev–Trinajstić information content (AvgIpc) is 3.38. The van der Waals surface area contributed by atoms with E-state index in [-0.39, 0.29) is 13.0 Å². The van der Waals surface area contributed by atoms with Crippen LogP contribution in [0.4, 0.5) is 8.78 Å². The van der Waals surface area contributed by atoms with E-state index >= 15 is 0 Å². The number of rotatable bonds is 9. The summed E-state index contributed by atoms with van der Waals surface area (Å²) >= 11 is 0. The quantitative estimate of drug-likeness (QED) is 0.389. The summed E-state index contributed by atoms with van der Waals surface area (Å²) in [5, 5.41) is 0. The highest BCUT2D eigenvalue weighted by Gasteiger charge is 2.61. The molecule has 0 heterocycles. The molecule has 0 N–H and O–H groups in total. The fraction of sp³-hybridized carbons (Fsp3) is 0.280. The van der Waals surface area contributed by atoms with E-state index < -0.39 is 17.9 Å². The van der Waals surface area contributed by atoms with Crippen molar-refractivity contribution in [2.24, 2.45) is 5.92 Å². The normalized spacial score (nSPS) is 17.9. The van der Waals surface area contributed by atoms with Crippen molar-refractivity contribution in [3.8, 4) is 17.2 Å². The summed E-state index contributed by atoms with van der Waals surface area (Å²) < 4.78 is 45.0. The molecule has 0 saturated heterocycles. The van der Waals surface area contributed by atoms with Gasteiger partial charge in [0.1, 0.15) is 17.2 Å². The zero-order valence-corrected chi connectivity index (χ0v) is 16.8. The van der Waals surface area contributed by atoms with Gasteiger partial charge in [0, 0.05) is 6.42 Å². The Morgan fingerprint density at radius 2 is 1.60 bits per heavy atom. The van der Waals surface area contributed by atoms with Crippen LogP contribution in [0.15, 0.2) is 78.9 Å². The van der Waals surface area contributed by atoms with Crippen molar-refractivity contribution in [2.75, 3.05) is 6.61 Å². The predicted octanol–water partition coefficient (Wildman–Crippen LogP) is 6.79. The first kappa shape index (κ1) is 20.4. The molecule has 0 bridgehead atoms. The second-order valence-electron chi connectivity index (χ2n) is 7.37. The van der Waals surface area contributed by atoms with E-state index in [0.29, 0.717) is 18.1 Å². The maximum Gasteiger partial charge on any atom is 0.254 e. The molecule has 30 heavy (non-hydrogen) atoms. The Morgan fingerprint density at radius 1 is 0.900 bits per heavy atom. The Kier molecular flexibility index (Phi) is 6.00. The van der Waals surface area contributed by atoms with Crippen LogP contribution >= 0.6 is 0 Å². The summed E-state index contributed by atoms with van der Waals surface area (Å²) in [6, 6.07) is 24.2. The molecular weight excluding hydrogens is 386 g/mol. The molecular formula is C25H24F2O3. The van der Waals surface area contributed by atoms with Crippen LogP contribution in [0.3, 0.4) is 0 Å². The van der Waals surface area contributed by atoms with Gasteiger partial charge in [-0.2, -0.15) is 0 Å². The molecule has 3 nitrogen and oxygen atoms in total. The molecule has 3 aromatic carbocycles. The zero-order chi connectivity index (χ0) is 21.0. The summed E-state index contributed by atoms with van der Waals surface area (Å²) in [6.07, 6.45) is -0.823. The van der Waals surface area contributed by atoms with Crippen LogP contribution in [0, 0.1) is 5.92 Å². The number of hydrogen-bond donors (Lipinski definition) is 0. The number of ether oxygens (including phenoxy) is 3. The standard InChI is InChI=1S/C25H24F2O3/c1-2-28-20-13-11-19(12-14-20)24(23-16-25(23,26)27)29-17-18-7-6-10-22(15-18)30-21-8-4-3-5-9-21/h3-15,23-24H,2,16-17H2,1H3. The van der Waals surface area contributed by atoms with E-state index in [4.69, 9.17) is 14.2 Å². The van der Waals surface area contributed by atoms with Crippen molar-refractivity contribution < 1.29 is 23.0 Å². The van der Waals surface area contributed by atoms with Gasteiger partial charge in [-0.15, -0.1) is 0 Å². The summed E-state index contributed by atoms with van der Waals surface area (Å²) in [4.78, 5) is 0. The van der Waals surface area contributed by atoms with Crippen LogP contribution in [-0.4, -0.2) is 12.5 Å². The van der Waals surface area contributed by atoms with Gasteiger partial charge in [-0.1, -0.05) is 42.5 Å². The highest BCUT2D eigenvalue weighted by Crippen LogP contribution is 2.56. The average molecular weight is 410 g/mol. The van der Waals surface area contributed by atoms with Crippen LogP contribution in [0.5, 0.6) is 17.2 Å². The SMILES string of the molecule is CCOc1ccc(C(OCc2cccc(Oc3ccccc3)c2)C2CC2(F)F)cc1. The lowest BCUT2D eigenvalue weighted by Crippen LogP contribution is -2.11. The molecule has 2 atom stereocenters. The van der Waals surface area contributed by atoms with Gasteiger partial charge in [0.15, 0.2) is 0 Å². The highest BCUT2D eigenvalue weighted by molar-refractivity contribution is 5.34. The third kappa shape index (κ3) is 4.97. The lowest BCUT2D eigenvalue weighted by molar-refractivity contribution is -0.0128. The molecule has 4 rings (SSSR count). The van der Waals surface area contributed by atoms with E-state index in [0.717, 1.165) is 16.9 Å². The van der Waals surface area contributed by atoms with E-state index in [9.17, 15) is 8.78 Å². The highest BCUT2D eigenvalue weighted by atomic mass is 19.3. The minimum atomic E-state index is -2.68. The molecule has 0 spiro atoms. The molecule has 2 unspecified atom stereocenters. The molecule has 0 aliphatic heterocycles. The largest absolute Gasteiger partial charge is 0.494 e. The number of alkyl halides is 2. The number of halogens is 2. The lowest BCUT2D eigenvalue weighted by atomic mass is 10.0. The second-order valence-corrected chi connectivity index (χ2v) is 7.37. The fourth-order valence-electron chi connectivity index (χ4n) is 3.44. The van der Waals surface area contributed by atoms with E-state index in [2.05, 4.69) is 0 Å². The van der Waals surface area contributed by atoms with Crippen LogP contribution in [0.1, 0.15) is 30.6 Å². The third-order valence-electron chi connectivity index (χ3n) is 5.07. The first-order valence-electron chi connectivity index (χ1n) is 10.1. The summed E-state index contributed by atoms with van der Waals surface area (Å²) in [5.74, 6) is -1.36. The second kappa shape index (κ2) is 8.84. The predicted molar refractivity (Wildman–Crippen MR) is 111 cm³/mol. The van der Waals surface area contributed by atoms with E-state index in [1.165, 1.54) is 0 Å². The van der Waals surface area contributed by atoms with Crippen molar-refractivity contribution in [1.82, 2.24) is 0 Å². The number of benzene rings is 3. The topological polar surface area (TPSA) is 27.7 Å². The fourth-order valence-corrected chi connectivity index (χ4v) is 3.44. The van der Waals surface area contributed by atoms with Crippen molar-refractivity contribution in [3.05, 3.63) is 90.0 Å². The Balaban J connectivity index is 1.46. The Hall–Kier alpha value is -2.92. The van der Waals surface area contributed by atoms with Gasteiger partial charge < -0.3 is 14.2 Å². The number of para-hydroxylation sites is 1. The van der Waals surface area contributed by atoms with Gasteiger partial charge >= 0.3 is 0 Å². The Labute approximate surface area is 175 Å². The molecule has 0 aromatic heterocycles. The van der Waals surface area contributed by atoms with Gasteiger partial charge in [0.2, 0.25) is 0 Å². The molecule has 1 aliphatic rings. The summed E-state index contributed by atoms with van der Waals surface area (Å²) in [7, 11) is 0. The van der Waals surface area contributed by atoms with Gasteiger partial charge in [-0.3, -0.25) is 0 Å². The van der Waals surface area contributed by atoms with Gasteiger partial charge in [0.25, 0.3) is 5.92 Å². The van der Waals surface area contributed by atoms with Gasteiger partial charge in [0.05, 0.1) is 25.2 Å². The van der Waals surface area contributed by atoms with Crippen LogP contribution in [-0.2, 0) is 11.3 Å². The Morgan fingerprint density at radius 3 is 2.27 bits per heavy atom. The first-order chi connectivity index (χ1) is 14.5. The molecule has 0 radical (unpaired) electrons. The van der Waals surface area contributed by atoms with Crippen molar-refractivity contribution in [3.63, 3.8) is 0 Å². The molecule has 156 valence electrons. The van der Waals surface area contributed by atoms with Crippen LogP contribution in [0.2, 0.25) is 0 Å². The molecule has 1 fully saturated rings. The van der Waals surface area contributed by atoms with Crippen molar-refractivity contribution in [2.45, 2.75) is 32.0 Å². The Bertz CT molecular complexity index is 958. The molecule has 3 aromatic rings. The maximum absolute atomic E-state index is 13.8. The van der Waals surface area contributed by atoms with Crippen molar-refractivity contribution in [1.29, 1.82) is 0 Å². The molecule has 1 saturated carbocycles. The molecule has 1 aliphatic carbocycles.